The molecule has 0 saturated heterocycles. The molecule has 0 aromatic carbocycles. The van der Waals surface area contributed by atoms with Crippen molar-refractivity contribution < 1.29 is 19.7 Å². The van der Waals surface area contributed by atoms with Crippen LogP contribution in [0, 0.1) is 0 Å². The Bertz CT molecular complexity index is 189. The molecule has 15 heavy (non-hydrogen) atoms. The van der Waals surface area contributed by atoms with Gasteiger partial charge in [0.25, 0.3) is 0 Å². The molecule has 1 atom stereocenters. The van der Waals surface area contributed by atoms with E-state index in [9.17, 15) is 4.79 Å². The van der Waals surface area contributed by atoms with Crippen LogP contribution in [-0.4, -0.2) is 22.5 Å². The highest BCUT2D eigenvalue weighted by Gasteiger charge is 2.07. The number of hydrogen-bond donors (Lipinski definition) is 2. The number of aliphatic hydroxyl groups excluding tert-OH is 2. The number of ether oxygens (including phenoxy) is 1. The van der Waals surface area contributed by atoms with Crippen LogP contribution in [0.5, 0.6) is 0 Å². The predicted octanol–water partition coefficient (Wildman–Crippen LogP) is 2.28. The predicted molar refractivity (Wildman–Crippen MR) is 57.2 cm³/mol. The van der Waals surface area contributed by atoms with E-state index in [1.54, 1.807) is 0 Å². The molecule has 0 amide bonds. The molecule has 0 aliphatic carbocycles. The van der Waals surface area contributed by atoms with Gasteiger partial charge in [-0.3, -0.25) is 4.79 Å². The van der Waals surface area contributed by atoms with Crippen molar-refractivity contribution in [1.29, 1.82) is 0 Å². The van der Waals surface area contributed by atoms with Crippen molar-refractivity contribution in [3.63, 3.8) is 0 Å². The first-order valence-electron chi connectivity index (χ1n) is 5.39. The molecule has 0 aromatic heterocycles. The van der Waals surface area contributed by atoms with Gasteiger partial charge in [0.05, 0.1) is 6.26 Å². The molecule has 0 heterocycles. The second kappa shape index (κ2) is 9.52. The van der Waals surface area contributed by atoms with Gasteiger partial charge in [-0.2, -0.15) is 0 Å². The maximum absolute atomic E-state index is 11.1. The highest BCUT2D eigenvalue weighted by molar-refractivity contribution is 5.69. The van der Waals surface area contributed by atoms with E-state index in [0.717, 1.165) is 25.3 Å². The standard InChI is InChI=1S/C11H20O4/c1-2-3-4-5-6-7-10(13)15-11(14)8-9-12/h8-9,11-12,14H,2-7H2,1H3. The Labute approximate surface area is 90.6 Å². The Balaban J connectivity index is 3.41. The molecular formula is C11H20O4. The van der Waals surface area contributed by atoms with E-state index < -0.39 is 12.3 Å². The van der Waals surface area contributed by atoms with Gasteiger partial charge in [-0.25, -0.2) is 0 Å². The Morgan fingerprint density at radius 3 is 2.60 bits per heavy atom. The van der Waals surface area contributed by atoms with Crippen molar-refractivity contribution in [2.24, 2.45) is 0 Å². The molecule has 0 radical (unpaired) electrons. The molecule has 0 saturated carbocycles. The van der Waals surface area contributed by atoms with Crippen LogP contribution in [-0.2, 0) is 9.53 Å². The fourth-order valence-corrected chi connectivity index (χ4v) is 1.18. The van der Waals surface area contributed by atoms with Gasteiger partial charge in [0.15, 0.2) is 0 Å². The number of carbonyl (C=O) groups is 1. The molecule has 1 unspecified atom stereocenters. The Hall–Kier alpha value is -1.03. The molecule has 0 bridgehead atoms. The molecule has 0 spiro atoms. The van der Waals surface area contributed by atoms with Crippen molar-refractivity contribution in [2.45, 2.75) is 51.7 Å². The van der Waals surface area contributed by atoms with E-state index >= 15 is 0 Å². The minimum absolute atomic E-state index is 0.319. The summed E-state index contributed by atoms with van der Waals surface area (Å²) in [6, 6.07) is 0. The first kappa shape index (κ1) is 14.0. The maximum atomic E-state index is 11.1. The lowest BCUT2D eigenvalue weighted by atomic mass is 10.1. The van der Waals surface area contributed by atoms with Crippen LogP contribution in [0.4, 0.5) is 0 Å². The van der Waals surface area contributed by atoms with E-state index in [0.29, 0.717) is 12.7 Å². The normalized spacial score (nSPS) is 12.9. The van der Waals surface area contributed by atoms with E-state index in [2.05, 4.69) is 11.7 Å². The van der Waals surface area contributed by atoms with Gasteiger partial charge >= 0.3 is 5.97 Å². The highest BCUT2D eigenvalue weighted by Crippen LogP contribution is 2.06. The molecule has 0 aliphatic heterocycles. The monoisotopic (exact) mass is 216 g/mol. The smallest absolute Gasteiger partial charge is 0.308 e. The van der Waals surface area contributed by atoms with Crippen molar-refractivity contribution in [2.75, 3.05) is 0 Å². The number of unbranched alkanes of at least 4 members (excludes halogenated alkanes) is 4. The summed E-state index contributed by atoms with van der Waals surface area (Å²) >= 11 is 0. The fraction of sp³-hybridized carbons (Fsp3) is 0.727. The number of hydrogen-bond acceptors (Lipinski definition) is 4. The van der Waals surface area contributed by atoms with Crippen molar-refractivity contribution in [1.82, 2.24) is 0 Å². The number of rotatable bonds is 8. The summed E-state index contributed by atoms with van der Waals surface area (Å²) < 4.78 is 4.57. The zero-order valence-electron chi connectivity index (χ0n) is 9.19. The maximum Gasteiger partial charge on any atom is 0.308 e. The molecule has 2 N–H and O–H groups in total. The third kappa shape index (κ3) is 9.28. The van der Waals surface area contributed by atoms with E-state index in [1.165, 1.54) is 12.8 Å². The topological polar surface area (TPSA) is 66.8 Å². The molecule has 4 heteroatoms. The summed E-state index contributed by atoms with van der Waals surface area (Å²) in [6.07, 6.45) is 5.91. The largest absolute Gasteiger partial charge is 0.516 e. The van der Waals surface area contributed by atoms with Crippen LogP contribution < -0.4 is 0 Å². The molecule has 88 valence electrons. The summed E-state index contributed by atoms with van der Waals surface area (Å²) in [5.74, 6) is -0.433. The van der Waals surface area contributed by atoms with Crippen LogP contribution in [0.1, 0.15) is 45.4 Å². The van der Waals surface area contributed by atoms with Crippen LogP contribution in [0.2, 0.25) is 0 Å². The second-order valence-corrected chi connectivity index (χ2v) is 3.39. The Morgan fingerprint density at radius 2 is 2.00 bits per heavy atom. The van der Waals surface area contributed by atoms with Gasteiger partial charge < -0.3 is 14.9 Å². The quantitative estimate of drug-likeness (QED) is 0.283. The Morgan fingerprint density at radius 1 is 1.33 bits per heavy atom. The average Bonchev–Trinajstić information content (AvgIpc) is 2.17. The SMILES string of the molecule is CCCCCCCC(=O)OC(O)C=CO. The van der Waals surface area contributed by atoms with Gasteiger partial charge in [0.1, 0.15) is 0 Å². The lowest BCUT2D eigenvalue weighted by Crippen LogP contribution is -2.14. The van der Waals surface area contributed by atoms with Gasteiger partial charge in [0, 0.05) is 12.5 Å². The third-order valence-electron chi connectivity index (χ3n) is 1.99. The first-order chi connectivity index (χ1) is 7.20. The minimum Gasteiger partial charge on any atom is -0.516 e. The fourth-order valence-electron chi connectivity index (χ4n) is 1.18. The number of esters is 1. The van der Waals surface area contributed by atoms with Crippen molar-refractivity contribution in [3.05, 3.63) is 12.3 Å². The summed E-state index contributed by atoms with van der Waals surface area (Å²) in [4.78, 5) is 11.1. The second-order valence-electron chi connectivity index (χ2n) is 3.39. The molecule has 0 fully saturated rings. The zero-order valence-corrected chi connectivity index (χ0v) is 9.19. The molecular weight excluding hydrogens is 196 g/mol. The summed E-state index contributed by atoms with van der Waals surface area (Å²) in [5.41, 5.74) is 0. The van der Waals surface area contributed by atoms with E-state index in [-0.39, 0.29) is 0 Å². The Kier molecular flexibility index (Phi) is 8.87. The molecule has 0 aromatic rings. The summed E-state index contributed by atoms with van der Waals surface area (Å²) in [5, 5.41) is 17.3. The minimum atomic E-state index is -1.34. The van der Waals surface area contributed by atoms with Crippen LogP contribution >= 0.6 is 0 Å². The summed E-state index contributed by atoms with van der Waals surface area (Å²) in [6.45, 7) is 2.13. The van der Waals surface area contributed by atoms with Crippen LogP contribution in [0.25, 0.3) is 0 Å². The summed E-state index contributed by atoms with van der Waals surface area (Å²) in [7, 11) is 0. The van der Waals surface area contributed by atoms with Gasteiger partial charge in [0.2, 0.25) is 6.29 Å². The van der Waals surface area contributed by atoms with Gasteiger partial charge in [-0.05, 0) is 6.42 Å². The van der Waals surface area contributed by atoms with Crippen molar-refractivity contribution >= 4 is 5.97 Å². The molecule has 0 aliphatic rings. The van der Waals surface area contributed by atoms with Crippen LogP contribution in [0.15, 0.2) is 12.3 Å². The van der Waals surface area contributed by atoms with Crippen molar-refractivity contribution in [3.8, 4) is 0 Å². The van der Waals surface area contributed by atoms with E-state index in [1.807, 2.05) is 0 Å². The number of aliphatic hydroxyl groups is 2. The first-order valence-corrected chi connectivity index (χ1v) is 5.39. The van der Waals surface area contributed by atoms with Crippen LogP contribution in [0.3, 0.4) is 0 Å². The van der Waals surface area contributed by atoms with Gasteiger partial charge in [-0.1, -0.05) is 32.6 Å². The van der Waals surface area contributed by atoms with E-state index in [4.69, 9.17) is 10.2 Å². The zero-order chi connectivity index (χ0) is 11.5. The number of carbonyl (C=O) groups excluding carboxylic acids is 1. The lowest BCUT2D eigenvalue weighted by Gasteiger charge is -2.07. The lowest BCUT2D eigenvalue weighted by molar-refractivity contribution is -0.160. The highest BCUT2D eigenvalue weighted by atomic mass is 16.6. The third-order valence-corrected chi connectivity index (χ3v) is 1.99. The molecule has 4 nitrogen and oxygen atoms in total. The van der Waals surface area contributed by atoms with Gasteiger partial charge in [-0.15, -0.1) is 0 Å². The average molecular weight is 216 g/mol. The molecule has 0 rings (SSSR count).